The highest BCUT2D eigenvalue weighted by Crippen LogP contribution is 2.12. The van der Waals surface area contributed by atoms with Crippen molar-refractivity contribution in [1.29, 1.82) is 0 Å². The van der Waals surface area contributed by atoms with Gasteiger partial charge >= 0.3 is 0 Å². The lowest BCUT2D eigenvalue weighted by molar-refractivity contribution is 0.0945. The van der Waals surface area contributed by atoms with E-state index in [0.29, 0.717) is 12.2 Å². The third kappa shape index (κ3) is 3.30. The summed E-state index contributed by atoms with van der Waals surface area (Å²) in [6, 6.07) is 0. The van der Waals surface area contributed by atoms with E-state index >= 15 is 0 Å². The van der Waals surface area contributed by atoms with Crippen LogP contribution in [0.25, 0.3) is 0 Å². The lowest BCUT2D eigenvalue weighted by atomic mass is 10.3. The molecule has 0 spiro atoms. The van der Waals surface area contributed by atoms with E-state index in [0.717, 1.165) is 49.0 Å². The summed E-state index contributed by atoms with van der Waals surface area (Å²) in [6.07, 6.45) is 3.92. The molecular formula is C14H19N5OS. The van der Waals surface area contributed by atoms with E-state index in [1.165, 1.54) is 0 Å². The Morgan fingerprint density at radius 3 is 3.24 bits per heavy atom. The van der Waals surface area contributed by atoms with Crippen LogP contribution >= 0.6 is 11.3 Å². The third-order valence-electron chi connectivity index (χ3n) is 3.40. The van der Waals surface area contributed by atoms with Crippen LogP contribution in [-0.4, -0.2) is 27.0 Å². The van der Waals surface area contributed by atoms with Crippen molar-refractivity contribution in [3.05, 3.63) is 33.8 Å². The highest BCUT2D eigenvalue weighted by atomic mass is 32.1. The highest BCUT2D eigenvalue weighted by molar-refractivity contribution is 7.09. The average molecular weight is 305 g/mol. The Balaban J connectivity index is 1.59. The minimum atomic E-state index is -0.137. The van der Waals surface area contributed by atoms with Crippen LogP contribution in [0.2, 0.25) is 0 Å². The molecule has 2 aromatic rings. The molecule has 2 aromatic heterocycles. The number of rotatable bonds is 5. The van der Waals surface area contributed by atoms with Gasteiger partial charge < -0.3 is 15.2 Å². The Morgan fingerprint density at radius 1 is 1.52 bits per heavy atom. The van der Waals surface area contributed by atoms with Crippen molar-refractivity contribution < 1.29 is 4.79 Å². The van der Waals surface area contributed by atoms with Gasteiger partial charge in [-0.05, 0) is 12.8 Å². The first kappa shape index (κ1) is 14.2. The molecule has 3 rings (SSSR count). The van der Waals surface area contributed by atoms with E-state index in [2.05, 4.69) is 27.5 Å². The summed E-state index contributed by atoms with van der Waals surface area (Å²) in [7, 11) is 0. The van der Waals surface area contributed by atoms with Gasteiger partial charge in [-0.15, -0.1) is 11.3 Å². The molecule has 2 N–H and O–H groups in total. The number of aromatic nitrogens is 3. The van der Waals surface area contributed by atoms with Crippen LogP contribution in [0.5, 0.6) is 0 Å². The van der Waals surface area contributed by atoms with E-state index in [9.17, 15) is 4.79 Å². The number of amides is 1. The number of hydrogen-bond donors (Lipinski definition) is 2. The maximum absolute atomic E-state index is 12.1. The molecule has 0 aliphatic carbocycles. The predicted molar refractivity (Wildman–Crippen MR) is 81.2 cm³/mol. The summed E-state index contributed by atoms with van der Waals surface area (Å²) in [5.41, 5.74) is 1.40. The summed E-state index contributed by atoms with van der Waals surface area (Å²) in [5, 5.41) is 9.27. The molecule has 1 aliphatic rings. The van der Waals surface area contributed by atoms with Gasteiger partial charge in [-0.2, -0.15) is 0 Å². The SMILES string of the molecule is CCCc1nc(CNC(=O)c2cn3c(n2)CNCC3)cs1. The van der Waals surface area contributed by atoms with E-state index < -0.39 is 0 Å². The fraction of sp³-hybridized carbons (Fsp3) is 0.500. The Labute approximate surface area is 127 Å². The first-order chi connectivity index (χ1) is 10.3. The fourth-order valence-electron chi connectivity index (χ4n) is 2.32. The number of carbonyl (C=O) groups is 1. The number of thiazole rings is 1. The van der Waals surface area contributed by atoms with Crippen molar-refractivity contribution in [2.75, 3.05) is 6.54 Å². The van der Waals surface area contributed by atoms with Gasteiger partial charge in [-0.25, -0.2) is 9.97 Å². The number of aryl methyl sites for hydroxylation is 1. The summed E-state index contributed by atoms with van der Waals surface area (Å²) in [5.74, 6) is 0.784. The number of fused-ring (bicyclic) bond motifs is 1. The minimum Gasteiger partial charge on any atom is -0.345 e. The molecule has 0 bridgehead atoms. The maximum atomic E-state index is 12.1. The van der Waals surface area contributed by atoms with Crippen LogP contribution in [0.15, 0.2) is 11.6 Å². The summed E-state index contributed by atoms with van der Waals surface area (Å²) in [6.45, 7) is 5.10. The van der Waals surface area contributed by atoms with Crippen LogP contribution in [-0.2, 0) is 26.1 Å². The molecule has 7 heteroatoms. The second kappa shape index (κ2) is 6.36. The molecule has 0 radical (unpaired) electrons. The van der Waals surface area contributed by atoms with Gasteiger partial charge in [0.25, 0.3) is 5.91 Å². The van der Waals surface area contributed by atoms with Gasteiger partial charge in [0.15, 0.2) is 0 Å². The summed E-state index contributed by atoms with van der Waals surface area (Å²) < 4.78 is 2.04. The van der Waals surface area contributed by atoms with E-state index in [1.54, 1.807) is 11.3 Å². The van der Waals surface area contributed by atoms with Crippen LogP contribution in [0.4, 0.5) is 0 Å². The Morgan fingerprint density at radius 2 is 2.43 bits per heavy atom. The van der Waals surface area contributed by atoms with E-state index in [-0.39, 0.29) is 5.91 Å². The Kier molecular flexibility index (Phi) is 4.31. The lowest BCUT2D eigenvalue weighted by Crippen LogP contribution is -2.27. The third-order valence-corrected chi connectivity index (χ3v) is 4.36. The topological polar surface area (TPSA) is 71.8 Å². The molecule has 0 saturated carbocycles. The number of hydrogen-bond acceptors (Lipinski definition) is 5. The normalized spacial score (nSPS) is 14.0. The number of carbonyl (C=O) groups excluding carboxylic acids is 1. The lowest BCUT2D eigenvalue weighted by Gasteiger charge is -2.13. The quantitative estimate of drug-likeness (QED) is 0.874. The maximum Gasteiger partial charge on any atom is 0.271 e. The summed E-state index contributed by atoms with van der Waals surface area (Å²) >= 11 is 1.65. The van der Waals surface area contributed by atoms with Crippen molar-refractivity contribution in [2.24, 2.45) is 0 Å². The van der Waals surface area contributed by atoms with Crippen molar-refractivity contribution in [3.8, 4) is 0 Å². The highest BCUT2D eigenvalue weighted by Gasteiger charge is 2.16. The molecule has 0 atom stereocenters. The molecule has 0 fully saturated rings. The van der Waals surface area contributed by atoms with Crippen molar-refractivity contribution in [2.45, 2.75) is 39.4 Å². The van der Waals surface area contributed by atoms with Crippen LogP contribution in [0.3, 0.4) is 0 Å². The predicted octanol–water partition coefficient (Wildman–Crippen LogP) is 1.33. The first-order valence-corrected chi connectivity index (χ1v) is 8.12. The minimum absolute atomic E-state index is 0.137. The largest absolute Gasteiger partial charge is 0.345 e. The number of imidazole rings is 1. The van der Waals surface area contributed by atoms with Crippen LogP contribution < -0.4 is 10.6 Å². The van der Waals surface area contributed by atoms with Gasteiger partial charge in [0.05, 0.1) is 23.8 Å². The number of nitrogens with one attached hydrogen (secondary N) is 2. The van der Waals surface area contributed by atoms with Crippen LogP contribution in [0, 0.1) is 0 Å². The van der Waals surface area contributed by atoms with Gasteiger partial charge in [0, 0.05) is 24.7 Å². The molecule has 0 unspecified atom stereocenters. The zero-order chi connectivity index (χ0) is 14.7. The smallest absolute Gasteiger partial charge is 0.271 e. The molecule has 1 amide bonds. The second-order valence-corrected chi connectivity index (χ2v) is 6.02. The van der Waals surface area contributed by atoms with Crippen molar-refractivity contribution in [3.63, 3.8) is 0 Å². The van der Waals surface area contributed by atoms with Crippen molar-refractivity contribution >= 4 is 17.2 Å². The molecule has 21 heavy (non-hydrogen) atoms. The second-order valence-electron chi connectivity index (χ2n) is 5.08. The van der Waals surface area contributed by atoms with Gasteiger partial charge in [0.2, 0.25) is 0 Å². The average Bonchev–Trinajstić information content (AvgIpc) is 3.11. The molecule has 3 heterocycles. The summed E-state index contributed by atoms with van der Waals surface area (Å²) in [4.78, 5) is 21.0. The van der Waals surface area contributed by atoms with Crippen molar-refractivity contribution in [1.82, 2.24) is 25.2 Å². The van der Waals surface area contributed by atoms with Gasteiger partial charge in [-0.3, -0.25) is 4.79 Å². The molecule has 0 aromatic carbocycles. The first-order valence-electron chi connectivity index (χ1n) is 7.24. The standard InChI is InChI=1S/C14H19N5OS/c1-2-3-13-17-10(9-21-13)6-16-14(20)11-8-19-5-4-15-7-12(19)18-11/h8-9,15H,2-7H2,1H3,(H,16,20). The van der Waals surface area contributed by atoms with E-state index in [1.807, 2.05) is 16.1 Å². The monoisotopic (exact) mass is 305 g/mol. The van der Waals surface area contributed by atoms with Crippen LogP contribution in [0.1, 0.15) is 40.4 Å². The Hall–Kier alpha value is -1.73. The molecule has 0 saturated heterocycles. The van der Waals surface area contributed by atoms with Gasteiger partial charge in [0.1, 0.15) is 11.5 Å². The zero-order valence-corrected chi connectivity index (χ0v) is 12.9. The molecular weight excluding hydrogens is 286 g/mol. The molecule has 112 valence electrons. The van der Waals surface area contributed by atoms with E-state index in [4.69, 9.17) is 0 Å². The number of nitrogens with zero attached hydrogens (tertiary/aromatic N) is 3. The molecule has 1 aliphatic heterocycles. The Bertz CT molecular complexity index is 610. The zero-order valence-electron chi connectivity index (χ0n) is 12.1. The fourth-order valence-corrected chi connectivity index (χ4v) is 3.22. The molecule has 6 nitrogen and oxygen atoms in total. The van der Waals surface area contributed by atoms with Gasteiger partial charge in [-0.1, -0.05) is 6.92 Å².